The second-order valence-electron chi connectivity index (χ2n) is 8.74. The molecular weight excluding hydrogens is 412 g/mol. The van der Waals surface area contributed by atoms with Crippen molar-refractivity contribution in [3.63, 3.8) is 0 Å². The number of piperazine rings is 1. The largest absolute Gasteiger partial charge is 0.481 e. The molecule has 33 heavy (non-hydrogen) atoms. The predicted octanol–water partition coefficient (Wildman–Crippen LogP) is 3.82. The number of carbonyl (C=O) groups is 1. The minimum atomic E-state index is -0.116. The lowest BCUT2D eigenvalue weighted by Crippen LogP contribution is -2.44. The molecule has 6 heteroatoms. The molecule has 2 N–H and O–H groups in total. The molecule has 0 bridgehead atoms. The van der Waals surface area contributed by atoms with Crippen LogP contribution in [-0.2, 0) is 4.79 Å². The summed E-state index contributed by atoms with van der Waals surface area (Å²) in [5.41, 5.74) is 4.66. The van der Waals surface area contributed by atoms with E-state index in [0.29, 0.717) is 13.1 Å². The van der Waals surface area contributed by atoms with Gasteiger partial charge in [-0.1, -0.05) is 42.5 Å². The van der Waals surface area contributed by atoms with E-state index < -0.39 is 0 Å². The molecule has 4 rings (SSSR count). The van der Waals surface area contributed by atoms with Crippen molar-refractivity contribution < 1.29 is 9.53 Å². The highest BCUT2D eigenvalue weighted by Gasteiger charge is 2.20. The van der Waals surface area contributed by atoms with Crippen molar-refractivity contribution in [3.8, 4) is 5.75 Å². The number of hydrogen-bond donors (Lipinski definition) is 2. The molecule has 0 aliphatic carbocycles. The van der Waals surface area contributed by atoms with Crippen molar-refractivity contribution in [3.05, 3.63) is 65.7 Å². The number of benzene rings is 3. The Morgan fingerprint density at radius 3 is 2.55 bits per heavy atom. The highest BCUT2D eigenvalue weighted by atomic mass is 16.5. The lowest BCUT2D eigenvalue weighted by Gasteiger charge is -2.35. The zero-order valence-corrected chi connectivity index (χ0v) is 19.9. The lowest BCUT2D eigenvalue weighted by molar-refractivity contribution is -0.122. The molecule has 1 heterocycles. The number of hydrogen-bond acceptors (Lipinski definition) is 5. The fourth-order valence-electron chi connectivity index (χ4n) is 4.21. The van der Waals surface area contributed by atoms with Crippen molar-refractivity contribution >= 4 is 28.1 Å². The molecule has 0 radical (unpaired) electrons. The molecule has 0 saturated carbocycles. The van der Waals surface area contributed by atoms with Crippen molar-refractivity contribution in [1.29, 1.82) is 0 Å². The van der Waals surface area contributed by atoms with Gasteiger partial charge in [0, 0.05) is 50.3 Å². The van der Waals surface area contributed by atoms with Crippen molar-refractivity contribution in [1.82, 2.24) is 10.2 Å². The Balaban J connectivity index is 1.37. The Morgan fingerprint density at radius 2 is 1.73 bits per heavy atom. The second kappa shape index (κ2) is 10.6. The molecule has 1 amide bonds. The molecule has 1 aliphatic rings. The number of amides is 1. The minimum absolute atomic E-state index is 0.00176. The first-order chi connectivity index (χ1) is 16.0. The Morgan fingerprint density at radius 1 is 0.939 bits per heavy atom. The van der Waals surface area contributed by atoms with Crippen LogP contribution in [0.1, 0.15) is 11.1 Å². The van der Waals surface area contributed by atoms with Gasteiger partial charge in [0.15, 0.2) is 12.4 Å². The number of carbonyl (C=O) groups excluding carboxylic acids is 1. The Hall–Kier alpha value is -3.25. The van der Waals surface area contributed by atoms with Crippen LogP contribution in [0.5, 0.6) is 5.75 Å². The zero-order valence-electron chi connectivity index (χ0n) is 19.9. The standard InChI is InChI=1S/C27H34N4O2/c1-20-7-6-10-24(21(20)2)28-13-14-29-26(32)19-33-27-23-9-5-4-8-22(23)11-12-25(27)31-17-15-30(3)16-18-31/h4-12,28H,13-19H2,1-3H3,(H,29,32). The van der Waals surface area contributed by atoms with Crippen LogP contribution in [0.25, 0.3) is 10.8 Å². The second-order valence-corrected chi connectivity index (χ2v) is 8.74. The van der Waals surface area contributed by atoms with E-state index in [0.717, 1.165) is 54.1 Å². The van der Waals surface area contributed by atoms with E-state index in [1.54, 1.807) is 0 Å². The average molecular weight is 447 g/mol. The molecule has 1 saturated heterocycles. The molecule has 174 valence electrons. The third-order valence-corrected chi connectivity index (χ3v) is 6.42. The maximum atomic E-state index is 12.5. The normalized spacial score (nSPS) is 14.3. The first kappa shape index (κ1) is 22.9. The summed E-state index contributed by atoms with van der Waals surface area (Å²) in [5, 5.41) is 8.51. The van der Waals surface area contributed by atoms with Gasteiger partial charge in [0.05, 0.1) is 5.69 Å². The van der Waals surface area contributed by atoms with E-state index in [2.05, 4.69) is 77.7 Å². The quantitative estimate of drug-likeness (QED) is 0.516. The number of nitrogens with one attached hydrogen (secondary N) is 2. The van der Waals surface area contributed by atoms with E-state index in [-0.39, 0.29) is 12.5 Å². The minimum Gasteiger partial charge on any atom is -0.481 e. The highest BCUT2D eigenvalue weighted by Crippen LogP contribution is 2.36. The summed E-state index contributed by atoms with van der Waals surface area (Å²) in [6, 6.07) is 18.6. The monoisotopic (exact) mass is 446 g/mol. The molecule has 3 aromatic carbocycles. The van der Waals surface area contributed by atoms with Crippen molar-refractivity contribution in [2.24, 2.45) is 0 Å². The number of rotatable bonds is 8. The van der Waals surface area contributed by atoms with Gasteiger partial charge in [0.25, 0.3) is 5.91 Å². The van der Waals surface area contributed by atoms with Gasteiger partial charge in [-0.15, -0.1) is 0 Å². The SMILES string of the molecule is Cc1cccc(NCCNC(=O)COc2c(N3CCN(C)CC3)ccc3ccccc23)c1C. The smallest absolute Gasteiger partial charge is 0.258 e. The summed E-state index contributed by atoms with van der Waals surface area (Å²) in [5.74, 6) is 0.677. The van der Waals surface area contributed by atoms with Gasteiger partial charge < -0.3 is 25.2 Å². The average Bonchev–Trinajstić information content (AvgIpc) is 2.83. The number of likely N-dealkylation sites (N-methyl/N-ethyl adjacent to an activating group) is 1. The van der Waals surface area contributed by atoms with Gasteiger partial charge in [-0.2, -0.15) is 0 Å². The van der Waals surface area contributed by atoms with E-state index in [1.165, 1.54) is 11.1 Å². The van der Waals surface area contributed by atoms with Crippen LogP contribution >= 0.6 is 0 Å². The number of anilines is 2. The summed E-state index contributed by atoms with van der Waals surface area (Å²) < 4.78 is 6.15. The zero-order chi connectivity index (χ0) is 23.2. The van der Waals surface area contributed by atoms with E-state index in [4.69, 9.17) is 4.74 Å². The maximum Gasteiger partial charge on any atom is 0.258 e. The molecule has 0 atom stereocenters. The third-order valence-electron chi connectivity index (χ3n) is 6.42. The number of fused-ring (bicyclic) bond motifs is 1. The van der Waals surface area contributed by atoms with Crippen LogP contribution in [0, 0.1) is 13.8 Å². The first-order valence-electron chi connectivity index (χ1n) is 11.7. The summed E-state index contributed by atoms with van der Waals surface area (Å²) in [6.45, 7) is 9.32. The van der Waals surface area contributed by atoms with Gasteiger partial charge in [0.2, 0.25) is 0 Å². The third kappa shape index (κ3) is 5.57. The topological polar surface area (TPSA) is 56.8 Å². The summed E-state index contributed by atoms with van der Waals surface area (Å²) in [6.07, 6.45) is 0. The molecular formula is C27H34N4O2. The van der Waals surface area contributed by atoms with Gasteiger partial charge in [-0.05, 0) is 49.5 Å². The van der Waals surface area contributed by atoms with Crippen LogP contribution in [0.3, 0.4) is 0 Å². The van der Waals surface area contributed by atoms with Gasteiger partial charge in [-0.25, -0.2) is 0 Å². The van der Waals surface area contributed by atoms with Crippen LogP contribution in [-0.4, -0.2) is 63.7 Å². The number of ether oxygens (including phenoxy) is 1. The van der Waals surface area contributed by atoms with Crippen molar-refractivity contribution in [2.75, 3.05) is 63.1 Å². The van der Waals surface area contributed by atoms with Gasteiger partial charge >= 0.3 is 0 Å². The van der Waals surface area contributed by atoms with Crippen LogP contribution in [0.15, 0.2) is 54.6 Å². The lowest BCUT2D eigenvalue weighted by atomic mass is 10.1. The van der Waals surface area contributed by atoms with Gasteiger partial charge in [-0.3, -0.25) is 4.79 Å². The van der Waals surface area contributed by atoms with E-state index in [9.17, 15) is 4.79 Å². The van der Waals surface area contributed by atoms with Crippen LogP contribution in [0.4, 0.5) is 11.4 Å². The van der Waals surface area contributed by atoms with E-state index >= 15 is 0 Å². The maximum absolute atomic E-state index is 12.5. The van der Waals surface area contributed by atoms with Gasteiger partial charge in [0.1, 0.15) is 0 Å². The molecule has 0 unspecified atom stereocenters. The van der Waals surface area contributed by atoms with Crippen LogP contribution in [0.2, 0.25) is 0 Å². The number of nitrogens with zero attached hydrogens (tertiary/aromatic N) is 2. The fraction of sp³-hybridized carbons (Fsp3) is 0.370. The van der Waals surface area contributed by atoms with Crippen LogP contribution < -0.4 is 20.3 Å². The molecule has 0 spiro atoms. The molecule has 1 fully saturated rings. The Bertz CT molecular complexity index is 1110. The Kier molecular flexibility index (Phi) is 7.35. The molecule has 6 nitrogen and oxygen atoms in total. The first-order valence-corrected chi connectivity index (χ1v) is 11.7. The molecule has 3 aromatic rings. The highest BCUT2D eigenvalue weighted by molar-refractivity contribution is 5.94. The summed E-state index contributed by atoms with van der Waals surface area (Å²) in [4.78, 5) is 17.2. The van der Waals surface area contributed by atoms with Crippen molar-refractivity contribution in [2.45, 2.75) is 13.8 Å². The Labute approximate surface area is 196 Å². The van der Waals surface area contributed by atoms with E-state index in [1.807, 2.05) is 18.2 Å². The predicted molar refractivity (Wildman–Crippen MR) is 137 cm³/mol. The molecule has 1 aliphatic heterocycles. The molecule has 0 aromatic heterocycles. The fourth-order valence-corrected chi connectivity index (χ4v) is 4.21. The summed E-state index contributed by atoms with van der Waals surface area (Å²) >= 11 is 0. The number of aryl methyl sites for hydroxylation is 1. The summed E-state index contributed by atoms with van der Waals surface area (Å²) in [7, 11) is 2.15.